The largest absolute Gasteiger partial charge is 0.379 e. The van der Waals surface area contributed by atoms with Crippen molar-refractivity contribution in [3.05, 3.63) is 40.8 Å². The fourth-order valence-electron chi connectivity index (χ4n) is 3.48. The monoisotopic (exact) mass is 475 g/mol. The Hall–Kier alpha value is -2.38. The van der Waals surface area contributed by atoms with Crippen molar-refractivity contribution in [3.63, 3.8) is 0 Å². The summed E-state index contributed by atoms with van der Waals surface area (Å²) in [7, 11) is 1.18. The summed E-state index contributed by atoms with van der Waals surface area (Å²) >= 11 is 1.42. The van der Waals surface area contributed by atoms with E-state index in [1.54, 1.807) is 0 Å². The lowest BCUT2D eigenvalue weighted by molar-refractivity contribution is -0.214. The molecule has 8 nitrogen and oxygen atoms in total. The lowest BCUT2D eigenvalue weighted by atomic mass is 10.1. The molecule has 0 aromatic heterocycles. The number of likely N-dealkylation sites (tertiary alicyclic amines) is 1. The Morgan fingerprint density at radius 3 is 2.76 bits per heavy atom. The molecule has 0 saturated carbocycles. The van der Waals surface area contributed by atoms with Gasteiger partial charge < -0.3 is 10.2 Å². The van der Waals surface area contributed by atoms with Crippen LogP contribution >= 0.6 is 11.8 Å². The normalized spacial score (nSPS) is 15.3. The van der Waals surface area contributed by atoms with Gasteiger partial charge in [-0.2, -0.15) is 5.26 Å². The molecule has 1 saturated heterocycles. The van der Waals surface area contributed by atoms with Crippen molar-refractivity contribution < 1.29 is 14.9 Å². The number of carbonyl (C=O) groups is 1. The van der Waals surface area contributed by atoms with Gasteiger partial charge in [0.25, 0.3) is 0 Å². The number of allylic oxidation sites excluding steroid dienone is 1. The van der Waals surface area contributed by atoms with Gasteiger partial charge in [-0.3, -0.25) is 15.0 Å². The van der Waals surface area contributed by atoms with Crippen LogP contribution in [0.4, 0.5) is 5.69 Å². The number of hydrogen-bond donors (Lipinski definition) is 2. The van der Waals surface area contributed by atoms with Gasteiger partial charge in [-0.1, -0.05) is 30.0 Å². The Bertz CT molecular complexity index is 804. The second-order valence-corrected chi connectivity index (χ2v) is 8.86. The van der Waals surface area contributed by atoms with Crippen molar-refractivity contribution in [2.75, 3.05) is 45.2 Å². The number of hydrogen-bond acceptors (Lipinski definition) is 8. The van der Waals surface area contributed by atoms with Crippen LogP contribution in [0, 0.1) is 11.3 Å². The van der Waals surface area contributed by atoms with Crippen molar-refractivity contribution in [2.24, 2.45) is 4.99 Å². The third kappa shape index (κ3) is 11.9. The average Bonchev–Trinajstić information content (AvgIpc) is 3.31. The first-order chi connectivity index (χ1) is 16.0. The number of benzene rings is 1. The smallest absolute Gasteiger partial charge is 0.215 e. The van der Waals surface area contributed by atoms with Crippen LogP contribution in [-0.2, 0) is 16.1 Å². The Balaban J connectivity index is 0.00000172. The summed E-state index contributed by atoms with van der Waals surface area (Å²) in [5.74, 6) is 0. The predicted molar refractivity (Wildman–Crippen MR) is 136 cm³/mol. The third-order valence-corrected chi connectivity index (χ3v) is 5.98. The Morgan fingerprint density at radius 1 is 1.45 bits per heavy atom. The average molecular weight is 476 g/mol. The maximum atomic E-state index is 11.3. The van der Waals surface area contributed by atoms with Crippen LogP contribution in [-0.4, -0.2) is 72.5 Å². The molecule has 1 aliphatic heterocycles. The molecule has 1 atom stereocenters. The molecule has 2 N–H and O–H groups in total. The highest BCUT2D eigenvalue weighted by Crippen LogP contribution is 2.21. The Labute approximate surface area is 202 Å². The van der Waals surface area contributed by atoms with Gasteiger partial charge in [0, 0.05) is 24.8 Å². The van der Waals surface area contributed by atoms with Gasteiger partial charge in [0.15, 0.2) is 5.17 Å². The topological polar surface area (TPSA) is 101 Å². The van der Waals surface area contributed by atoms with Gasteiger partial charge in [-0.05, 0) is 75.7 Å². The molecular formula is C24H37N5O3S. The van der Waals surface area contributed by atoms with Crippen LogP contribution in [0.25, 0.3) is 0 Å². The number of anilines is 1. The van der Waals surface area contributed by atoms with Crippen molar-refractivity contribution in [3.8, 4) is 6.07 Å². The summed E-state index contributed by atoms with van der Waals surface area (Å²) in [6.45, 7) is 10.1. The number of amidine groups is 1. The number of carbonyl (C=O) groups excluding carboxylic acids is 1. The van der Waals surface area contributed by atoms with Crippen LogP contribution in [0.15, 0.2) is 40.2 Å². The number of aliphatic imine (C=N–C) groups is 1. The first-order valence-corrected chi connectivity index (χ1v) is 12.0. The number of nitriles is 1. The van der Waals surface area contributed by atoms with Crippen molar-refractivity contribution >= 4 is 29.0 Å². The summed E-state index contributed by atoms with van der Waals surface area (Å²) in [6, 6.07) is 10.7. The van der Waals surface area contributed by atoms with E-state index in [1.807, 2.05) is 19.9 Å². The minimum Gasteiger partial charge on any atom is -0.379 e. The SMILES string of the molecule is CCN(C=O)C(=NCC#N)S/C(C)=C/C(C)Nc1cccc(CCN2CCCC2)c1.COO. The zero-order valence-corrected chi connectivity index (χ0v) is 21.0. The van der Waals surface area contributed by atoms with Crippen molar-refractivity contribution in [1.82, 2.24) is 9.80 Å². The fraction of sp³-hybridized carbons (Fsp3) is 0.542. The van der Waals surface area contributed by atoms with Crippen LogP contribution in [0.1, 0.15) is 39.2 Å². The summed E-state index contributed by atoms with van der Waals surface area (Å²) in [6.07, 6.45) is 6.60. The third-order valence-electron chi connectivity index (χ3n) is 4.97. The number of nitrogens with one attached hydrogen (secondary N) is 1. The molecule has 1 fully saturated rings. The molecule has 1 aromatic rings. The molecule has 1 amide bonds. The molecule has 33 heavy (non-hydrogen) atoms. The van der Waals surface area contributed by atoms with Gasteiger partial charge in [0.2, 0.25) is 6.41 Å². The van der Waals surface area contributed by atoms with E-state index >= 15 is 0 Å². The molecule has 9 heteroatoms. The molecule has 0 bridgehead atoms. The molecule has 0 aliphatic carbocycles. The van der Waals surface area contributed by atoms with E-state index in [4.69, 9.17) is 10.5 Å². The molecule has 0 spiro atoms. The van der Waals surface area contributed by atoms with Crippen molar-refractivity contribution in [1.29, 1.82) is 5.26 Å². The van der Waals surface area contributed by atoms with Crippen LogP contribution in [0.5, 0.6) is 0 Å². The maximum absolute atomic E-state index is 11.3. The lowest BCUT2D eigenvalue weighted by Gasteiger charge is -2.18. The number of amides is 1. The summed E-state index contributed by atoms with van der Waals surface area (Å²) < 4.78 is 0. The van der Waals surface area contributed by atoms with Crippen molar-refractivity contribution in [2.45, 2.75) is 46.1 Å². The van der Waals surface area contributed by atoms with Crippen LogP contribution < -0.4 is 5.32 Å². The van der Waals surface area contributed by atoms with E-state index in [0.717, 1.165) is 30.0 Å². The zero-order valence-electron chi connectivity index (χ0n) is 20.2. The number of rotatable bonds is 10. The van der Waals surface area contributed by atoms with E-state index in [2.05, 4.69) is 57.4 Å². The maximum Gasteiger partial charge on any atom is 0.215 e. The molecular weight excluding hydrogens is 438 g/mol. The predicted octanol–water partition coefficient (Wildman–Crippen LogP) is 4.23. The van der Waals surface area contributed by atoms with E-state index < -0.39 is 0 Å². The van der Waals surface area contributed by atoms with E-state index in [-0.39, 0.29) is 12.6 Å². The fourth-order valence-corrected chi connectivity index (χ4v) is 4.46. The van der Waals surface area contributed by atoms with Gasteiger partial charge in [0.1, 0.15) is 6.54 Å². The highest BCUT2D eigenvalue weighted by molar-refractivity contribution is 8.17. The Kier molecular flexibility index (Phi) is 14.9. The molecule has 2 rings (SSSR count). The van der Waals surface area contributed by atoms with Gasteiger partial charge >= 0.3 is 0 Å². The van der Waals surface area contributed by atoms with E-state index in [1.165, 1.54) is 55.3 Å². The molecule has 1 unspecified atom stereocenters. The molecule has 1 aliphatic rings. The first kappa shape index (κ1) is 28.7. The highest BCUT2D eigenvalue weighted by atomic mass is 32.2. The highest BCUT2D eigenvalue weighted by Gasteiger charge is 2.12. The minimum atomic E-state index is 0.0397. The lowest BCUT2D eigenvalue weighted by Crippen LogP contribution is -2.27. The Morgan fingerprint density at radius 2 is 2.15 bits per heavy atom. The molecule has 1 heterocycles. The summed E-state index contributed by atoms with van der Waals surface area (Å²) in [5, 5.41) is 20.0. The summed E-state index contributed by atoms with van der Waals surface area (Å²) in [5.41, 5.74) is 2.46. The van der Waals surface area contributed by atoms with Gasteiger partial charge in [0.05, 0.1) is 13.2 Å². The summed E-state index contributed by atoms with van der Waals surface area (Å²) in [4.78, 5) is 23.8. The van der Waals surface area contributed by atoms with Crippen LogP contribution in [0.2, 0.25) is 0 Å². The zero-order chi connectivity index (χ0) is 24.5. The molecule has 0 radical (unpaired) electrons. The van der Waals surface area contributed by atoms with Gasteiger partial charge in [-0.25, -0.2) is 9.88 Å². The van der Waals surface area contributed by atoms with Gasteiger partial charge in [-0.15, -0.1) is 0 Å². The van der Waals surface area contributed by atoms with E-state index in [0.29, 0.717) is 11.7 Å². The quantitative estimate of drug-likeness (QED) is 0.130. The van der Waals surface area contributed by atoms with Crippen LogP contribution in [0.3, 0.4) is 0 Å². The number of thioether (sulfide) groups is 1. The second kappa shape index (κ2) is 17.1. The molecule has 1 aromatic carbocycles. The second-order valence-electron chi connectivity index (χ2n) is 7.64. The first-order valence-electron chi connectivity index (χ1n) is 11.2. The number of nitrogens with zero attached hydrogens (tertiary/aromatic N) is 4. The minimum absolute atomic E-state index is 0.0397. The molecule has 182 valence electrons. The standard InChI is InChI=1S/C23H33N5OS.CH4O2/c1-4-28(18-29)23(25-12-11-24)30-20(3)16-19(2)26-22-9-7-8-21(17-22)10-15-27-13-5-6-14-27;1-3-2/h7-9,16-19,26H,4-6,10,12-15H2,1-3H3;2H,1H3/b20-16+,25-23?;. The van der Waals surface area contributed by atoms with E-state index in [9.17, 15) is 4.79 Å².